The van der Waals surface area contributed by atoms with Gasteiger partial charge in [-0.1, -0.05) is 26.7 Å². The highest BCUT2D eigenvalue weighted by molar-refractivity contribution is 5.79. The van der Waals surface area contributed by atoms with Crippen molar-refractivity contribution in [1.29, 1.82) is 0 Å². The Balaban J connectivity index is 1.91. The fourth-order valence-corrected chi connectivity index (χ4v) is 2.50. The molecule has 1 aliphatic carbocycles. The van der Waals surface area contributed by atoms with Crippen LogP contribution in [0.1, 0.15) is 52.4 Å². The van der Waals surface area contributed by atoms with Crippen molar-refractivity contribution in [3.8, 4) is 0 Å². The molecule has 0 aromatic carbocycles. The minimum Gasteiger partial charge on any atom is -0.381 e. The highest BCUT2D eigenvalue weighted by Crippen LogP contribution is 2.20. The van der Waals surface area contributed by atoms with Crippen molar-refractivity contribution in [2.45, 2.75) is 58.5 Å². The molecule has 0 atom stereocenters. The molecule has 130 valence electrons. The number of hydrogen-bond acceptors (Lipinski definition) is 3. The van der Waals surface area contributed by atoms with Gasteiger partial charge in [0.2, 0.25) is 0 Å². The molecule has 0 bridgehead atoms. The molecule has 1 aliphatic rings. The number of aliphatic imine (C=N–C) groups is 1. The van der Waals surface area contributed by atoms with Gasteiger partial charge in [-0.05, 0) is 31.6 Å². The Morgan fingerprint density at radius 2 is 1.73 bits per heavy atom. The molecule has 0 aromatic heterocycles. The Morgan fingerprint density at radius 1 is 1.09 bits per heavy atom. The highest BCUT2D eigenvalue weighted by atomic mass is 16.5. The van der Waals surface area contributed by atoms with Gasteiger partial charge in [0.05, 0.1) is 6.10 Å². The number of hydrogen-bond donors (Lipinski definition) is 2. The zero-order valence-corrected chi connectivity index (χ0v) is 14.7. The average Bonchev–Trinajstić information content (AvgIpc) is 3.01. The van der Waals surface area contributed by atoms with Crippen molar-refractivity contribution in [3.63, 3.8) is 0 Å². The molecule has 22 heavy (non-hydrogen) atoms. The van der Waals surface area contributed by atoms with Crippen LogP contribution in [0.25, 0.3) is 0 Å². The molecule has 0 heterocycles. The van der Waals surface area contributed by atoms with E-state index in [9.17, 15) is 0 Å². The standard InChI is InChI=1S/C17H35N3O2/c1-15(2)14-21-12-6-10-19-17(18-3)20-11-7-13-22-16-8-4-5-9-16/h15-16H,4-14H2,1-3H3,(H2,18,19,20). The number of rotatable bonds is 11. The molecule has 0 radical (unpaired) electrons. The van der Waals surface area contributed by atoms with Crippen LogP contribution in [0, 0.1) is 5.92 Å². The molecule has 0 saturated heterocycles. The molecule has 0 aliphatic heterocycles. The molecule has 0 spiro atoms. The van der Waals surface area contributed by atoms with Crippen molar-refractivity contribution in [2.75, 3.05) is 40.0 Å². The molecule has 1 saturated carbocycles. The minimum atomic E-state index is 0.517. The third-order valence-electron chi connectivity index (χ3n) is 3.70. The zero-order valence-electron chi connectivity index (χ0n) is 14.7. The Bertz CT molecular complexity index is 290. The third-order valence-corrected chi connectivity index (χ3v) is 3.70. The Morgan fingerprint density at radius 3 is 2.32 bits per heavy atom. The Kier molecular flexibility index (Phi) is 11.1. The van der Waals surface area contributed by atoms with Crippen LogP contribution < -0.4 is 10.6 Å². The van der Waals surface area contributed by atoms with E-state index in [1.807, 2.05) is 0 Å². The second-order valence-corrected chi connectivity index (χ2v) is 6.38. The van der Waals surface area contributed by atoms with Crippen LogP contribution in [0.15, 0.2) is 4.99 Å². The summed E-state index contributed by atoms with van der Waals surface area (Å²) in [5.74, 6) is 1.47. The largest absolute Gasteiger partial charge is 0.381 e. The zero-order chi connectivity index (χ0) is 16.0. The second-order valence-electron chi connectivity index (χ2n) is 6.38. The van der Waals surface area contributed by atoms with Gasteiger partial charge < -0.3 is 20.1 Å². The highest BCUT2D eigenvalue weighted by Gasteiger charge is 2.14. The van der Waals surface area contributed by atoms with E-state index in [1.165, 1.54) is 25.7 Å². The van der Waals surface area contributed by atoms with Crippen molar-refractivity contribution < 1.29 is 9.47 Å². The molecule has 5 nitrogen and oxygen atoms in total. The minimum absolute atomic E-state index is 0.517. The van der Waals surface area contributed by atoms with E-state index in [0.717, 1.165) is 51.7 Å². The van der Waals surface area contributed by atoms with Crippen molar-refractivity contribution in [3.05, 3.63) is 0 Å². The van der Waals surface area contributed by atoms with E-state index in [1.54, 1.807) is 7.05 Å². The van der Waals surface area contributed by atoms with Crippen LogP contribution >= 0.6 is 0 Å². The van der Waals surface area contributed by atoms with Crippen LogP contribution in [-0.4, -0.2) is 52.0 Å². The number of nitrogens with one attached hydrogen (secondary N) is 2. The molecule has 1 rings (SSSR count). The molecule has 1 fully saturated rings. The molecule has 0 aromatic rings. The first-order valence-corrected chi connectivity index (χ1v) is 8.86. The maximum atomic E-state index is 5.85. The lowest BCUT2D eigenvalue weighted by Crippen LogP contribution is -2.38. The topological polar surface area (TPSA) is 54.9 Å². The summed E-state index contributed by atoms with van der Waals surface area (Å²) in [4.78, 5) is 4.22. The van der Waals surface area contributed by atoms with Gasteiger partial charge in [0.15, 0.2) is 5.96 Å². The molecular formula is C17H35N3O2. The summed E-state index contributed by atoms with van der Waals surface area (Å²) in [6.07, 6.45) is 7.70. The number of ether oxygens (including phenoxy) is 2. The van der Waals surface area contributed by atoms with Gasteiger partial charge in [-0.25, -0.2) is 0 Å². The van der Waals surface area contributed by atoms with E-state index in [4.69, 9.17) is 9.47 Å². The summed E-state index contributed by atoms with van der Waals surface area (Å²) >= 11 is 0. The quantitative estimate of drug-likeness (QED) is 0.350. The molecular weight excluding hydrogens is 278 g/mol. The molecule has 5 heteroatoms. The Hall–Kier alpha value is -0.810. The Labute approximate surface area is 136 Å². The predicted molar refractivity (Wildman–Crippen MR) is 92.5 cm³/mol. The second kappa shape index (κ2) is 12.7. The van der Waals surface area contributed by atoms with Gasteiger partial charge in [-0.2, -0.15) is 0 Å². The van der Waals surface area contributed by atoms with E-state index in [2.05, 4.69) is 29.5 Å². The van der Waals surface area contributed by atoms with Crippen LogP contribution in [0.5, 0.6) is 0 Å². The lowest BCUT2D eigenvalue weighted by Gasteiger charge is -2.14. The van der Waals surface area contributed by atoms with E-state index >= 15 is 0 Å². The summed E-state index contributed by atoms with van der Waals surface area (Å²) < 4.78 is 11.4. The predicted octanol–water partition coefficient (Wildman–Crippen LogP) is 2.56. The first kappa shape index (κ1) is 19.2. The van der Waals surface area contributed by atoms with E-state index < -0.39 is 0 Å². The maximum absolute atomic E-state index is 5.85. The fraction of sp³-hybridized carbons (Fsp3) is 0.941. The van der Waals surface area contributed by atoms with Crippen molar-refractivity contribution in [2.24, 2.45) is 10.9 Å². The van der Waals surface area contributed by atoms with Crippen LogP contribution in [0.4, 0.5) is 0 Å². The van der Waals surface area contributed by atoms with Gasteiger partial charge in [-0.3, -0.25) is 4.99 Å². The molecule has 0 unspecified atom stereocenters. The van der Waals surface area contributed by atoms with Gasteiger partial charge >= 0.3 is 0 Å². The van der Waals surface area contributed by atoms with Crippen molar-refractivity contribution in [1.82, 2.24) is 10.6 Å². The average molecular weight is 313 g/mol. The summed E-state index contributed by atoms with van der Waals surface area (Å²) in [6.45, 7) is 8.61. The maximum Gasteiger partial charge on any atom is 0.190 e. The number of guanidine groups is 1. The first-order valence-electron chi connectivity index (χ1n) is 8.86. The van der Waals surface area contributed by atoms with Crippen LogP contribution in [0.2, 0.25) is 0 Å². The van der Waals surface area contributed by atoms with Gasteiger partial charge in [0, 0.05) is 40.0 Å². The van der Waals surface area contributed by atoms with Crippen LogP contribution in [-0.2, 0) is 9.47 Å². The summed E-state index contributed by atoms with van der Waals surface area (Å²) in [6, 6.07) is 0. The van der Waals surface area contributed by atoms with Gasteiger partial charge in [0.25, 0.3) is 0 Å². The molecule has 2 N–H and O–H groups in total. The fourth-order valence-electron chi connectivity index (χ4n) is 2.50. The lowest BCUT2D eigenvalue weighted by atomic mass is 10.2. The smallest absolute Gasteiger partial charge is 0.190 e. The summed E-state index contributed by atoms with van der Waals surface area (Å²) in [5.41, 5.74) is 0. The summed E-state index contributed by atoms with van der Waals surface area (Å²) in [5, 5.41) is 6.63. The van der Waals surface area contributed by atoms with Gasteiger partial charge in [-0.15, -0.1) is 0 Å². The van der Waals surface area contributed by atoms with E-state index in [-0.39, 0.29) is 0 Å². The lowest BCUT2D eigenvalue weighted by molar-refractivity contribution is 0.0574. The van der Waals surface area contributed by atoms with E-state index in [0.29, 0.717) is 12.0 Å². The normalized spacial score (nSPS) is 16.5. The summed E-state index contributed by atoms with van der Waals surface area (Å²) in [7, 11) is 1.81. The SMILES string of the molecule is CN=C(NCCCOCC(C)C)NCCCOC1CCCC1. The van der Waals surface area contributed by atoms with Crippen LogP contribution in [0.3, 0.4) is 0 Å². The van der Waals surface area contributed by atoms with Crippen molar-refractivity contribution >= 4 is 5.96 Å². The third kappa shape index (κ3) is 10.0. The monoisotopic (exact) mass is 313 g/mol. The first-order chi connectivity index (χ1) is 10.7. The number of nitrogens with zero attached hydrogens (tertiary/aromatic N) is 1. The van der Waals surface area contributed by atoms with Gasteiger partial charge in [0.1, 0.15) is 0 Å². The molecule has 0 amide bonds.